The zero-order valence-corrected chi connectivity index (χ0v) is 11.8. The molecule has 1 aromatic rings. The van der Waals surface area contributed by atoms with Crippen LogP contribution in [0.25, 0.3) is 0 Å². The molecule has 0 aliphatic carbocycles. The number of likely N-dealkylation sites (tertiary alicyclic amines) is 1. The largest absolute Gasteiger partial charge is 0.298 e. The number of hydrogen-bond acceptors (Lipinski definition) is 1. The fourth-order valence-corrected chi connectivity index (χ4v) is 2.67. The molecule has 0 atom stereocenters. The molecule has 0 spiro atoms. The smallest absolute Gasteiger partial charge is 0.0409 e. The van der Waals surface area contributed by atoms with E-state index in [1.807, 2.05) is 6.07 Å². The van der Waals surface area contributed by atoms with Gasteiger partial charge in [-0.2, -0.15) is 0 Å². The van der Waals surface area contributed by atoms with Crippen molar-refractivity contribution >= 4 is 34.2 Å². The SMILES string of the molecule is CCC1CN(Cc2cc(Cl)ccc2I)C1. The normalized spacial score (nSPS) is 17.8. The van der Waals surface area contributed by atoms with E-state index in [1.165, 1.54) is 28.6 Å². The molecule has 0 bridgehead atoms. The number of rotatable bonds is 3. The molecule has 0 N–H and O–H groups in total. The minimum Gasteiger partial charge on any atom is -0.298 e. The van der Waals surface area contributed by atoms with E-state index in [2.05, 4.69) is 46.5 Å². The third-order valence-electron chi connectivity index (χ3n) is 3.01. The number of nitrogens with zero attached hydrogens (tertiary/aromatic N) is 1. The second-order valence-corrected chi connectivity index (χ2v) is 5.80. The van der Waals surface area contributed by atoms with Gasteiger partial charge in [0.1, 0.15) is 0 Å². The highest BCUT2D eigenvalue weighted by molar-refractivity contribution is 14.1. The number of hydrogen-bond donors (Lipinski definition) is 0. The van der Waals surface area contributed by atoms with E-state index < -0.39 is 0 Å². The summed E-state index contributed by atoms with van der Waals surface area (Å²) in [5, 5.41) is 0.845. The summed E-state index contributed by atoms with van der Waals surface area (Å²) in [4.78, 5) is 2.49. The quantitative estimate of drug-likeness (QED) is 0.760. The Labute approximate surface area is 110 Å². The predicted octanol–water partition coefficient (Wildman–Crippen LogP) is 3.79. The van der Waals surface area contributed by atoms with Crippen LogP contribution in [-0.4, -0.2) is 18.0 Å². The van der Waals surface area contributed by atoms with E-state index >= 15 is 0 Å². The summed E-state index contributed by atoms with van der Waals surface area (Å²) < 4.78 is 1.32. The highest BCUT2D eigenvalue weighted by Gasteiger charge is 2.25. The maximum Gasteiger partial charge on any atom is 0.0409 e. The van der Waals surface area contributed by atoms with Gasteiger partial charge < -0.3 is 0 Å². The minimum absolute atomic E-state index is 0.845. The molecule has 1 saturated heterocycles. The first kappa shape index (κ1) is 11.7. The lowest BCUT2D eigenvalue weighted by Crippen LogP contribution is -2.45. The Morgan fingerprint density at radius 3 is 2.87 bits per heavy atom. The summed E-state index contributed by atoms with van der Waals surface area (Å²) in [6.07, 6.45) is 1.31. The fraction of sp³-hybridized carbons (Fsp3) is 0.500. The van der Waals surface area contributed by atoms with Gasteiger partial charge in [-0.15, -0.1) is 0 Å². The van der Waals surface area contributed by atoms with E-state index in [4.69, 9.17) is 11.6 Å². The monoisotopic (exact) mass is 335 g/mol. The lowest BCUT2D eigenvalue weighted by molar-refractivity contribution is 0.0896. The third-order valence-corrected chi connectivity index (χ3v) is 4.30. The molecule has 0 aromatic heterocycles. The first-order valence-electron chi connectivity index (χ1n) is 5.35. The van der Waals surface area contributed by atoms with Crippen molar-refractivity contribution in [2.24, 2.45) is 5.92 Å². The van der Waals surface area contributed by atoms with Crippen molar-refractivity contribution in [2.45, 2.75) is 19.9 Å². The van der Waals surface area contributed by atoms with E-state index in [9.17, 15) is 0 Å². The van der Waals surface area contributed by atoms with Gasteiger partial charge >= 0.3 is 0 Å². The van der Waals surface area contributed by atoms with Crippen molar-refractivity contribution < 1.29 is 0 Å². The van der Waals surface area contributed by atoms with Crippen LogP contribution in [0.15, 0.2) is 18.2 Å². The zero-order chi connectivity index (χ0) is 10.8. The highest BCUT2D eigenvalue weighted by atomic mass is 127. The minimum atomic E-state index is 0.845. The van der Waals surface area contributed by atoms with Gasteiger partial charge in [-0.1, -0.05) is 24.9 Å². The summed E-state index contributed by atoms with van der Waals surface area (Å²) in [5.41, 5.74) is 1.36. The van der Waals surface area contributed by atoms with Gasteiger partial charge in [0.25, 0.3) is 0 Å². The maximum atomic E-state index is 6.00. The molecule has 0 unspecified atom stereocenters. The van der Waals surface area contributed by atoms with Crippen molar-refractivity contribution in [2.75, 3.05) is 13.1 Å². The topological polar surface area (TPSA) is 3.24 Å². The Kier molecular flexibility index (Phi) is 3.91. The predicted molar refractivity (Wildman–Crippen MR) is 73.2 cm³/mol. The van der Waals surface area contributed by atoms with Gasteiger partial charge in [0.2, 0.25) is 0 Å². The van der Waals surface area contributed by atoms with Crippen molar-refractivity contribution in [1.82, 2.24) is 4.90 Å². The molecule has 1 heterocycles. The molecule has 3 heteroatoms. The Morgan fingerprint density at radius 2 is 2.20 bits per heavy atom. The van der Waals surface area contributed by atoms with E-state index in [-0.39, 0.29) is 0 Å². The van der Waals surface area contributed by atoms with Crippen LogP contribution in [0.1, 0.15) is 18.9 Å². The number of benzene rings is 1. The highest BCUT2D eigenvalue weighted by Crippen LogP contribution is 2.24. The molecule has 0 amide bonds. The molecule has 2 rings (SSSR count). The summed E-state index contributed by atoms with van der Waals surface area (Å²) in [6, 6.07) is 6.13. The molecular formula is C12H15ClIN. The second kappa shape index (κ2) is 5.02. The fourth-order valence-electron chi connectivity index (χ4n) is 1.97. The average Bonchev–Trinajstić information content (AvgIpc) is 2.16. The second-order valence-electron chi connectivity index (χ2n) is 4.20. The Morgan fingerprint density at radius 1 is 1.47 bits per heavy atom. The first-order chi connectivity index (χ1) is 7.19. The molecule has 1 aromatic carbocycles. The van der Waals surface area contributed by atoms with Crippen LogP contribution in [0.4, 0.5) is 0 Å². The van der Waals surface area contributed by atoms with Crippen LogP contribution < -0.4 is 0 Å². The Balaban J connectivity index is 1.97. The van der Waals surface area contributed by atoms with Crippen molar-refractivity contribution in [3.8, 4) is 0 Å². The van der Waals surface area contributed by atoms with E-state index in [0.29, 0.717) is 0 Å². The first-order valence-corrected chi connectivity index (χ1v) is 6.81. The van der Waals surface area contributed by atoms with Gasteiger partial charge in [-0.25, -0.2) is 0 Å². The molecule has 82 valence electrons. The molecule has 1 aliphatic heterocycles. The van der Waals surface area contributed by atoms with Gasteiger partial charge in [0.15, 0.2) is 0 Å². The molecule has 0 radical (unpaired) electrons. The van der Waals surface area contributed by atoms with Crippen LogP contribution in [-0.2, 0) is 6.54 Å². The summed E-state index contributed by atoms with van der Waals surface area (Å²) in [6.45, 7) is 5.82. The van der Waals surface area contributed by atoms with Crippen molar-refractivity contribution in [1.29, 1.82) is 0 Å². The Bertz CT molecular complexity index is 347. The van der Waals surface area contributed by atoms with Crippen molar-refractivity contribution in [3.63, 3.8) is 0 Å². The number of halogens is 2. The summed E-state index contributed by atoms with van der Waals surface area (Å²) in [5.74, 6) is 0.918. The van der Waals surface area contributed by atoms with Crippen LogP contribution in [0.2, 0.25) is 5.02 Å². The van der Waals surface area contributed by atoms with Crippen LogP contribution in [0.3, 0.4) is 0 Å². The van der Waals surface area contributed by atoms with Crippen LogP contribution in [0.5, 0.6) is 0 Å². The average molecular weight is 336 g/mol. The zero-order valence-electron chi connectivity index (χ0n) is 8.84. The summed E-state index contributed by atoms with van der Waals surface area (Å²) >= 11 is 8.38. The molecule has 1 nitrogen and oxygen atoms in total. The van der Waals surface area contributed by atoms with Gasteiger partial charge in [-0.3, -0.25) is 4.90 Å². The molecule has 1 aliphatic rings. The third kappa shape index (κ3) is 2.86. The van der Waals surface area contributed by atoms with Gasteiger partial charge in [-0.05, 0) is 52.3 Å². The molecular weight excluding hydrogens is 320 g/mol. The van der Waals surface area contributed by atoms with Gasteiger partial charge in [0, 0.05) is 28.2 Å². The molecule has 0 saturated carbocycles. The lowest BCUT2D eigenvalue weighted by atomic mass is 9.97. The van der Waals surface area contributed by atoms with Crippen LogP contribution >= 0.6 is 34.2 Å². The lowest BCUT2D eigenvalue weighted by Gasteiger charge is -2.39. The van der Waals surface area contributed by atoms with Gasteiger partial charge in [0.05, 0.1) is 0 Å². The van der Waals surface area contributed by atoms with E-state index in [0.717, 1.165) is 17.5 Å². The maximum absolute atomic E-state index is 6.00. The van der Waals surface area contributed by atoms with Crippen molar-refractivity contribution in [3.05, 3.63) is 32.4 Å². The Hall–Kier alpha value is 0.200. The summed E-state index contributed by atoms with van der Waals surface area (Å²) in [7, 11) is 0. The molecule has 15 heavy (non-hydrogen) atoms. The standard InChI is InChI=1S/C12H15ClIN/c1-2-9-6-15(7-9)8-10-5-11(13)3-4-12(10)14/h3-5,9H,2,6-8H2,1H3. The van der Waals surface area contributed by atoms with Crippen LogP contribution in [0, 0.1) is 9.49 Å². The van der Waals surface area contributed by atoms with E-state index in [1.54, 1.807) is 0 Å². The molecule has 1 fully saturated rings.